The van der Waals surface area contributed by atoms with E-state index in [0.29, 0.717) is 22.8 Å². The van der Waals surface area contributed by atoms with E-state index in [9.17, 15) is 19.2 Å². The Labute approximate surface area is 204 Å². The quantitative estimate of drug-likeness (QED) is 0.534. The molecule has 2 aliphatic heterocycles. The topological polar surface area (TPSA) is 154 Å². The van der Waals surface area contributed by atoms with Gasteiger partial charge in [0.05, 0.1) is 20.8 Å². The number of nitrogens with one attached hydrogen (secondary N) is 1. The van der Waals surface area contributed by atoms with Gasteiger partial charge in [-0.25, -0.2) is 4.79 Å². The number of nitrogens with zero attached hydrogens (tertiary/aromatic N) is 1. The third kappa shape index (κ3) is 5.21. The van der Waals surface area contributed by atoms with Gasteiger partial charge in [-0.2, -0.15) is 0 Å². The molecule has 0 amide bonds. The summed E-state index contributed by atoms with van der Waals surface area (Å²) < 4.78 is 39.6. The van der Waals surface area contributed by atoms with Gasteiger partial charge in [0.25, 0.3) is 5.56 Å². The van der Waals surface area contributed by atoms with Crippen LogP contribution in [0.2, 0.25) is 0 Å². The lowest BCUT2D eigenvalue weighted by atomic mass is 10.1. The number of carbonyl (C=O) groups is 2. The summed E-state index contributed by atoms with van der Waals surface area (Å²) in [5, 5.41) is 0. The molecule has 2 aromatic rings. The van der Waals surface area contributed by atoms with Crippen LogP contribution in [0.5, 0.6) is 17.2 Å². The lowest BCUT2D eigenvalue weighted by molar-refractivity contribution is -0.155. The predicted octanol–water partition coefficient (Wildman–Crippen LogP) is 0.944. The Morgan fingerprint density at radius 2 is 1.92 bits per heavy atom. The van der Waals surface area contributed by atoms with Crippen LogP contribution in [-0.4, -0.2) is 54.5 Å². The van der Waals surface area contributed by atoms with Crippen molar-refractivity contribution in [1.82, 2.24) is 9.55 Å². The molecule has 2 unspecified atom stereocenters. The maximum atomic E-state index is 12.7. The zero-order chi connectivity index (χ0) is 26.0. The first-order valence-electron chi connectivity index (χ1n) is 11.0. The van der Waals surface area contributed by atoms with E-state index in [2.05, 4.69) is 4.98 Å². The fourth-order valence-electron chi connectivity index (χ4n) is 4.04. The lowest BCUT2D eigenvalue weighted by Crippen LogP contribution is -2.36. The molecule has 1 aromatic carbocycles. The van der Waals surface area contributed by atoms with E-state index in [1.807, 2.05) is 0 Å². The highest BCUT2D eigenvalue weighted by Crippen LogP contribution is 2.42. The van der Waals surface area contributed by atoms with Gasteiger partial charge in [0.15, 0.2) is 11.5 Å². The van der Waals surface area contributed by atoms with Gasteiger partial charge in [-0.3, -0.25) is 23.9 Å². The molecule has 2 aliphatic rings. The van der Waals surface area contributed by atoms with Gasteiger partial charge >= 0.3 is 17.6 Å². The van der Waals surface area contributed by atoms with Crippen molar-refractivity contribution in [3.8, 4) is 17.2 Å². The molecule has 3 heterocycles. The second kappa shape index (κ2) is 10.4. The fraction of sp³-hybridized carbons (Fsp3) is 0.478. The molecule has 0 radical (unpaired) electrons. The Balaban J connectivity index is 1.62. The zero-order valence-electron chi connectivity index (χ0n) is 20.1. The third-order valence-corrected chi connectivity index (χ3v) is 5.68. The van der Waals surface area contributed by atoms with Crippen molar-refractivity contribution in [2.75, 3.05) is 20.8 Å². The van der Waals surface area contributed by atoms with Crippen LogP contribution in [0.15, 0.2) is 27.9 Å². The van der Waals surface area contributed by atoms with E-state index in [-0.39, 0.29) is 25.2 Å². The van der Waals surface area contributed by atoms with Gasteiger partial charge in [-0.05, 0) is 6.07 Å². The summed E-state index contributed by atoms with van der Waals surface area (Å²) in [5.41, 5.74) is -0.789. The smallest absolute Gasteiger partial charge is 0.330 e. The Morgan fingerprint density at radius 3 is 2.58 bits per heavy atom. The van der Waals surface area contributed by atoms with E-state index >= 15 is 0 Å². The number of aromatic amines is 1. The minimum atomic E-state index is -1.15. The fourth-order valence-corrected chi connectivity index (χ4v) is 4.04. The molecule has 194 valence electrons. The summed E-state index contributed by atoms with van der Waals surface area (Å²) in [7, 11) is 2.99. The number of methoxy groups -OCH3 is 2. The molecule has 0 aliphatic carbocycles. The first kappa shape index (κ1) is 25.3. The number of H-pyrrole nitrogens is 1. The number of esters is 2. The van der Waals surface area contributed by atoms with Crippen LogP contribution in [0, 0.1) is 0 Å². The summed E-state index contributed by atoms with van der Waals surface area (Å²) in [4.78, 5) is 50.3. The minimum Gasteiger partial charge on any atom is -0.497 e. The summed E-state index contributed by atoms with van der Waals surface area (Å²) >= 11 is 0. The molecule has 1 N–H and O–H groups in total. The molecule has 4 atom stereocenters. The molecule has 4 rings (SSSR count). The maximum absolute atomic E-state index is 12.7. The Morgan fingerprint density at radius 1 is 1.14 bits per heavy atom. The lowest BCUT2D eigenvalue weighted by Gasteiger charge is -2.28. The van der Waals surface area contributed by atoms with Crippen LogP contribution < -0.4 is 25.5 Å². The largest absolute Gasteiger partial charge is 0.497 e. The van der Waals surface area contributed by atoms with Crippen molar-refractivity contribution in [3.05, 3.63) is 50.3 Å². The molecule has 1 saturated heterocycles. The maximum Gasteiger partial charge on any atom is 0.330 e. The van der Waals surface area contributed by atoms with E-state index in [0.717, 1.165) is 4.57 Å². The van der Waals surface area contributed by atoms with Crippen molar-refractivity contribution in [2.45, 2.75) is 51.6 Å². The van der Waals surface area contributed by atoms with Crippen LogP contribution in [-0.2, 0) is 35.1 Å². The number of hydrogen-bond acceptors (Lipinski definition) is 11. The van der Waals surface area contributed by atoms with E-state index in [4.69, 9.17) is 33.2 Å². The third-order valence-electron chi connectivity index (χ3n) is 5.68. The second-order valence-electron chi connectivity index (χ2n) is 8.15. The minimum absolute atomic E-state index is 0.00851. The molecule has 0 saturated carbocycles. The molecule has 13 heteroatoms. The van der Waals surface area contributed by atoms with Gasteiger partial charge < -0.3 is 33.2 Å². The van der Waals surface area contributed by atoms with Gasteiger partial charge in [0.2, 0.25) is 6.29 Å². The van der Waals surface area contributed by atoms with E-state index < -0.39 is 47.9 Å². The molecule has 1 aromatic heterocycles. The van der Waals surface area contributed by atoms with Crippen LogP contribution in [0.1, 0.15) is 43.9 Å². The molecule has 13 nitrogen and oxygen atoms in total. The number of hydrogen-bond donors (Lipinski definition) is 1. The predicted molar refractivity (Wildman–Crippen MR) is 120 cm³/mol. The number of fused-ring (bicyclic) bond motifs is 1. The molecule has 0 spiro atoms. The second-order valence-corrected chi connectivity index (χ2v) is 8.15. The van der Waals surface area contributed by atoms with Crippen molar-refractivity contribution in [3.63, 3.8) is 0 Å². The first-order chi connectivity index (χ1) is 17.2. The average Bonchev–Trinajstić information content (AvgIpc) is 3.23. The summed E-state index contributed by atoms with van der Waals surface area (Å²) in [6, 6.07) is 3.36. The van der Waals surface area contributed by atoms with Crippen molar-refractivity contribution in [1.29, 1.82) is 0 Å². The van der Waals surface area contributed by atoms with E-state index in [1.54, 1.807) is 12.1 Å². The normalized spacial score (nSPS) is 22.8. The van der Waals surface area contributed by atoms with E-state index in [1.165, 1.54) is 34.3 Å². The summed E-state index contributed by atoms with van der Waals surface area (Å²) in [5.74, 6) is 0.220. The molecule has 1 fully saturated rings. The highest BCUT2D eigenvalue weighted by molar-refractivity contribution is 5.66. The first-order valence-corrected chi connectivity index (χ1v) is 11.0. The van der Waals surface area contributed by atoms with Crippen molar-refractivity contribution in [2.24, 2.45) is 0 Å². The van der Waals surface area contributed by atoms with Crippen LogP contribution in [0.4, 0.5) is 0 Å². The van der Waals surface area contributed by atoms with Crippen molar-refractivity contribution < 1.29 is 42.7 Å². The number of aromatic nitrogens is 2. The number of ether oxygens (including phenoxy) is 7. The SMILES string of the molecule is COc1cc2c(c(OC)c1)OC(c1cn([C@H]3CC(OC(C)=O)[C@@H](COC(C)=O)O3)c(=O)[nH]c1=O)OC2. The van der Waals surface area contributed by atoms with Crippen LogP contribution >= 0.6 is 0 Å². The molecule has 36 heavy (non-hydrogen) atoms. The number of benzene rings is 1. The average molecular weight is 506 g/mol. The van der Waals surface area contributed by atoms with Crippen LogP contribution in [0.25, 0.3) is 0 Å². The Kier molecular flexibility index (Phi) is 7.31. The van der Waals surface area contributed by atoms with Crippen LogP contribution in [0.3, 0.4) is 0 Å². The highest BCUT2D eigenvalue weighted by Gasteiger charge is 2.40. The summed E-state index contributed by atoms with van der Waals surface area (Å²) in [6.45, 7) is 2.38. The van der Waals surface area contributed by atoms with Gasteiger partial charge in [-0.15, -0.1) is 0 Å². The summed E-state index contributed by atoms with van der Waals surface area (Å²) in [6.07, 6.45) is -2.30. The zero-order valence-corrected chi connectivity index (χ0v) is 20.1. The standard InChI is InChI=1S/C23H26N2O11/c1-11(26)32-10-18-16(34-12(2)27)7-19(35-18)25-8-15(21(28)24-23(25)29)22-33-9-13-5-14(30-3)6-17(31-4)20(13)36-22/h5-6,8,16,18-19,22H,7,9-10H2,1-4H3,(H,24,28,29)/t16?,18-,19-,22?/m1/s1. The Bertz CT molecular complexity index is 1250. The van der Waals surface area contributed by atoms with Gasteiger partial charge in [0.1, 0.15) is 36.4 Å². The van der Waals surface area contributed by atoms with Gasteiger partial charge in [-0.1, -0.05) is 0 Å². The Hall–Kier alpha value is -3.84. The van der Waals surface area contributed by atoms with Crippen molar-refractivity contribution >= 4 is 11.9 Å². The molecule has 0 bridgehead atoms. The molecular formula is C23H26N2O11. The monoisotopic (exact) mass is 506 g/mol. The highest BCUT2D eigenvalue weighted by atomic mass is 16.7. The van der Waals surface area contributed by atoms with Gasteiger partial charge in [0, 0.05) is 38.1 Å². The molecular weight excluding hydrogens is 480 g/mol. The number of carbonyl (C=O) groups excluding carboxylic acids is 2. The number of rotatable bonds is 7.